The third kappa shape index (κ3) is 10.3. The molecule has 0 saturated heterocycles. The largest absolute Gasteiger partial charge is 0.508 e. The van der Waals surface area contributed by atoms with Gasteiger partial charge in [-0.1, -0.05) is 42.5 Å². The first-order valence-electron chi connectivity index (χ1n) is 12.5. The van der Waals surface area contributed by atoms with E-state index in [0.717, 1.165) is 5.56 Å². The molecule has 210 valence electrons. The molecule has 9 N–H and O–H groups in total. The number of aliphatic imine (C=N–C) groups is 1. The van der Waals surface area contributed by atoms with E-state index in [4.69, 9.17) is 17.2 Å². The predicted molar refractivity (Wildman–Crippen MR) is 147 cm³/mol. The summed E-state index contributed by atoms with van der Waals surface area (Å²) in [7, 11) is 1.45. The fourth-order valence-corrected chi connectivity index (χ4v) is 4.05. The average Bonchev–Trinajstić information content (AvgIpc) is 2.88. The second-order valence-corrected chi connectivity index (χ2v) is 9.19. The summed E-state index contributed by atoms with van der Waals surface area (Å²) >= 11 is 0. The number of amides is 4. The van der Waals surface area contributed by atoms with Gasteiger partial charge in [0.2, 0.25) is 23.6 Å². The van der Waals surface area contributed by atoms with Crippen LogP contribution in [-0.4, -0.2) is 71.3 Å². The minimum atomic E-state index is -1.01. The van der Waals surface area contributed by atoms with Gasteiger partial charge in [-0.05, 0) is 36.1 Å². The standard InChI is InChI=1S/C27H37N7O5/c1-17(35)32-22(16-19-10-12-20(36)13-11-19)26(39)34(2)23(9-6-14-31-27(29)30)25(38)33-21(24(28)37)15-18-7-4-3-5-8-18/h3-5,7-8,10-13,21-23,36H,6,9,14-16H2,1-2H3,(H2,28,37)(H,32,35)(H,33,38)(H4,29,30,31). The van der Waals surface area contributed by atoms with Crippen molar-refractivity contribution in [2.45, 2.75) is 50.7 Å². The fraction of sp³-hybridized carbons (Fsp3) is 0.370. The van der Waals surface area contributed by atoms with E-state index in [9.17, 15) is 24.3 Å². The van der Waals surface area contributed by atoms with Crippen LogP contribution in [0.5, 0.6) is 5.75 Å². The minimum absolute atomic E-state index is 0.0651. The number of nitrogens with two attached hydrogens (primary N) is 3. The molecule has 0 spiro atoms. The van der Waals surface area contributed by atoms with E-state index >= 15 is 0 Å². The molecule has 2 aromatic rings. The highest BCUT2D eigenvalue weighted by Crippen LogP contribution is 2.15. The lowest BCUT2D eigenvalue weighted by Gasteiger charge is -2.32. The lowest BCUT2D eigenvalue weighted by atomic mass is 10.0. The van der Waals surface area contributed by atoms with Gasteiger partial charge in [-0.15, -0.1) is 0 Å². The zero-order valence-electron chi connectivity index (χ0n) is 22.2. The molecule has 2 aromatic carbocycles. The smallest absolute Gasteiger partial charge is 0.245 e. The lowest BCUT2D eigenvalue weighted by molar-refractivity contribution is -0.142. The number of rotatable bonds is 14. The molecule has 0 aliphatic carbocycles. The topological polar surface area (TPSA) is 206 Å². The van der Waals surface area contributed by atoms with Crippen LogP contribution in [0.25, 0.3) is 0 Å². The van der Waals surface area contributed by atoms with E-state index in [0.29, 0.717) is 12.0 Å². The van der Waals surface area contributed by atoms with Gasteiger partial charge < -0.3 is 37.8 Å². The lowest BCUT2D eigenvalue weighted by Crippen LogP contribution is -2.57. The summed E-state index contributed by atoms with van der Waals surface area (Å²) in [5.74, 6) is -2.28. The van der Waals surface area contributed by atoms with Gasteiger partial charge in [0.1, 0.15) is 23.9 Å². The van der Waals surface area contributed by atoms with Crippen molar-refractivity contribution in [3.63, 3.8) is 0 Å². The van der Waals surface area contributed by atoms with Crippen LogP contribution in [0.3, 0.4) is 0 Å². The molecule has 39 heavy (non-hydrogen) atoms. The first kappa shape index (κ1) is 30.6. The molecule has 0 saturated carbocycles. The number of hydrogen-bond acceptors (Lipinski definition) is 6. The Balaban J connectivity index is 2.27. The van der Waals surface area contributed by atoms with Crippen molar-refractivity contribution in [3.05, 3.63) is 65.7 Å². The molecule has 0 fully saturated rings. The maximum absolute atomic E-state index is 13.6. The molecule has 3 atom stereocenters. The number of carbonyl (C=O) groups is 4. The van der Waals surface area contributed by atoms with E-state index < -0.39 is 41.8 Å². The van der Waals surface area contributed by atoms with Gasteiger partial charge in [0.05, 0.1) is 0 Å². The number of primary amides is 1. The van der Waals surface area contributed by atoms with Crippen LogP contribution in [0.1, 0.15) is 30.9 Å². The molecule has 4 amide bonds. The average molecular weight is 540 g/mol. The van der Waals surface area contributed by atoms with Crippen molar-refractivity contribution in [2.24, 2.45) is 22.2 Å². The van der Waals surface area contributed by atoms with E-state index in [-0.39, 0.29) is 37.5 Å². The summed E-state index contributed by atoms with van der Waals surface area (Å²) in [6.07, 6.45) is 0.836. The van der Waals surface area contributed by atoms with Gasteiger partial charge in [-0.25, -0.2) is 0 Å². The Hall–Kier alpha value is -4.61. The zero-order chi connectivity index (χ0) is 28.9. The number of hydrogen-bond donors (Lipinski definition) is 6. The SMILES string of the molecule is CC(=O)NC(Cc1ccc(O)cc1)C(=O)N(C)C(CCCN=C(N)N)C(=O)NC(Cc1ccccc1)C(N)=O. The van der Waals surface area contributed by atoms with Crippen LogP contribution in [0, 0.1) is 0 Å². The highest BCUT2D eigenvalue weighted by molar-refractivity contribution is 5.94. The van der Waals surface area contributed by atoms with Crippen LogP contribution >= 0.6 is 0 Å². The number of phenols is 1. The number of phenolic OH excluding ortho intramolecular Hbond substituents is 1. The first-order valence-corrected chi connectivity index (χ1v) is 12.5. The molecule has 0 aliphatic heterocycles. The maximum Gasteiger partial charge on any atom is 0.245 e. The molecular formula is C27H37N7O5. The van der Waals surface area contributed by atoms with E-state index in [1.54, 1.807) is 12.1 Å². The van der Waals surface area contributed by atoms with Crippen LogP contribution in [0.2, 0.25) is 0 Å². The Bertz CT molecular complexity index is 1150. The van der Waals surface area contributed by atoms with Gasteiger partial charge in [0.15, 0.2) is 5.96 Å². The Morgan fingerprint density at radius 3 is 2.05 bits per heavy atom. The Kier molecular flexibility index (Phi) is 11.7. The van der Waals surface area contributed by atoms with E-state index in [2.05, 4.69) is 15.6 Å². The zero-order valence-corrected chi connectivity index (χ0v) is 22.2. The molecule has 0 aromatic heterocycles. The van der Waals surface area contributed by atoms with Crippen molar-refractivity contribution in [2.75, 3.05) is 13.6 Å². The number of nitrogens with one attached hydrogen (secondary N) is 2. The molecule has 2 rings (SSSR count). The molecule has 0 heterocycles. The van der Waals surface area contributed by atoms with Crippen molar-refractivity contribution in [1.82, 2.24) is 15.5 Å². The molecule has 3 unspecified atom stereocenters. The summed E-state index contributed by atoms with van der Waals surface area (Å²) in [5.41, 5.74) is 17.9. The number of nitrogens with zero attached hydrogens (tertiary/aromatic N) is 2. The van der Waals surface area contributed by atoms with Gasteiger partial charge in [0, 0.05) is 33.4 Å². The van der Waals surface area contributed by atoms with Gasteiger partial charge in [0.25, 0.3) is 0 Å². The quantitative estimate of drug-likeness (QED) is 0.106. The van der Waals surface area contributed by atoms with Crippen molar-refractivity contribution >= 4 is 29.6 Å². The fourth-order valence-electron chi connectivity index (χ4n) is 4.05. The number of benzene rings is 2. The monoisotopic (exact) mass is 539 g/mol. The summed E-state index contributed by atoms with van der Waals surface area (Å²) in [6.45, 7) is 1.51. The molecule has 0 bridgehead atoms. The maximum atomic E-state index is 13.6. The third-order valence-corrected chi connectivity index (χ3v) is 6.04. The van der Waals surface area contributed by atoms with E-state index in [1.165, 1.54) is 31.0 Å². The van der Waals surface area contributed by atoms with Gasteiger partial charge in [-0.3, -0.25) is 24.2 Å². The summed E-state index contributed by atoms with van der Waals surface area (Å²) < 4.78 is 0. The summed E-state index contributed by atoms with van der Waals surface area (Å²) in [4.78, 5) is 56.3. The predicted octanol–water partition coefficient (Wildman–Crippen LogP) is -0.467. The molecule has 12 heteroatoms. The number of likely N-dealkylation sites (N-methyl/N-ethyl adjacent to an activating group) is 1. The van der Waals surface area contributed by atoms with Crippen molar-refractivity contribution in [1.29, 1.82) is 0 Å². The normalized spacial score (nSPS) is 12.9. The third-order valence-electron chi connectivity index (χ3n) is 6.04. The summed E-state index contributed by atoms with van der Waals surface area (Å²) in [5, 5.41) is 14.9. The highest BCUT2D eigenvalue weighted by atomic mass is 16.3. The summed E-state index contributed by atoms with van der Waals surface area (Å²) in [6, 6.07) is 12.3. The van der Waals surface area contributed by atoms with Crippen LogP contribution in [0.4, 0.5) is 0 Å². The molecule has 0 aliphatic rings. The van der Waals surface area contributed by atoms with Crippen molar-refractivity contribution in [3.8, 4) is 5.75 Å². The number of aromatic hydroxyl groups is 1. The first-order chi connectivity index (χ1) is 18.5. The van der Waals surface area contributed by atoms with E-state index in [1.807, 2.05) is 30.3 Å². The molecule has 0 radical (unpaired) electrons. The highest BCUT2D eigenvalue weighted by Gasteiger charge is 2.33. The Morgan fingerprint density at radius 2 is 1.49 bits per heavy atom. The second-order valence-electron chi connectivity index (χ2n) is 9.19. The van der Waals surface area contributed by atoms with Crippen LogP contribution in [0.15, 0.2) is 59.6 Å². The van der Waals surface area contributed by atoms with Crippen LogP contribution in [-0.2, 0) is 32.0 Å². The second kappa shape index (κ2) is 15.0. The Morgan fingerprint density at radius 1 is 0.897 bits per heavy atom. The van der Waals surface area contributed by atoms with Gasteiger partial charge in [-0.2, -0.15) is 0 Å². The number of carbonyl (C=O) groups excluding carboxylic acids is 4. The van der Waals surface area contributed by atoms with Gasteiger partial charge >= 0.3 is 0 Å². The van der Waals surface area contributed by atoms with Crippen LogP contribution < -0.4 is 27.8 Å². The molecular weight excluding hydrogens is 502 g/mol. The van der Waals surface area contributed by atoms with Crippen molar-refractivity contribution < 1.29 is 24.3 Å². The minimum Gasteiger partial charge on any atom is -0.508 e. The Labute approximate surface area is 227 Å². The number of guanidine groups is 1. The molecule has 12 nitrogen and oxygen atoms in total.